The first-order valence-corrected chi connectivity index (χ1v) is 6.29. The highest BCUT2D eigenvalue weighted by Crippen LogP contribution is 2.25. The van der Waals surface area contributed by atoms with E-state index >= 15 is 0 Å². The van der Waals surface area contributed by atoms with E-state index in [0.717, 1.165) is 11.0 Å². The molecule has 6 nitrogen and oxygen atoms in total. The lowest BCUT2D eigenvalue weighted by molar-refractivity contribution is 0.0984. The van der Waals surface area contributed by atoms with Gasteiger partial charge in [0.05, 0.1) is 16.8 Å². The van der Waals surface area contributed by atoms with Crippen molar-refractivity contribution in [3.8, 4) is 6.07 Å². The number of nitrogens with two attached hydrogens (primary N) is 1. The fourth-order valence-electron chi connectivity index (χ4n) is 2.17. The Bertz CT molecular complexity index is 804. The first-order chi connectivity index (χ1) is 10.4. The number of nitrogens with zero attached hydrogens (tertiary/aromatic N) is 3. The number of anilines is 1. The lowest BCUT2D eigenvalue weighted by Crippen LogP contribution is -2.31. The van der Waals surface area contributed by atoms with Crippen molar-refractivity contribution in [2.45, 2.75) is 0 Å². The number of rotatable bonds is 3. The van der Waals surface area contributed by atoms with Crippen LogP contribution in [0.3, 0.4) is 0 Å². The van der Waals surface area contributed by atoms with E-state index in [1.54, 1.807) is 7.05 Å². The van der Waals surface area contributed by atoms with Crippen LogP contribution in [0.4, 0.5) is 10.1 Å². The molecule has 1 heterocycles. The molecule has 0 atom stereocenters. The van der Waals surface area contributed by atoms with Crippen molar-refractivity contribution >= 4 is 17.5 Å². The Kier molecular flexibility index (Phi) is 3.95. The lowest BCUT2D eigenvalue weighted by Gasteiger charge is -2.20. The predicted octanol–water partition coefficient (Wildman–Crippen LogP) is 1.41. The molecule has 0 saturated heterocycles. The third-order valence-electron chi connectivity index (χ3n) is 3.25. The summed E-state index contributed by atoms with van der Waals surface area (Å²) in [6.45, 7) is 0. The van der Waals surface area contributed by atoms with Crippen LogP contribution in [-0.2, 0) is 7.05 Å². The molecule has 0 aliphatic carbocycles. The van der Waals surface area contributed by atoms with Gasteiger partial charge in [-0.05, 0) is 18.2 Å². The quantitative estimate of drug-likeness (QED) is 0.929. The molecule has 0 radical (unpaired) electrons. The van der Waals surface area contributed by atoms with E-state index in [1.807, 2.05) is 6.07 Å². The van der Waals surface area contributed by atoms with Crippen LogP contribution in [0.15, 0.2) is 30.5 Å². The molecule has 112 valence electrons. The maximum absolute atomic E-state index is 14.0. The Morgan fingerprint density at radius 3 is 2.64 bits per heavy atom. The van der Waals surface area contributed by atoms with Crippen LogP contribution in [0, 0.1) is 17.1 Å². The number of nitriles is 1. The van der Waals surface area contributed by atoms with Crippen LogP contribution in [0.25, 0.3) is 0 Å². The summed E-state index contributed by atoms with van der Waals surface area (Å²) in [7, 11) is 2.94. The monoisotopic (exact) mass is 300 g/mol. The number of carbonyl (C=O) groups is 2. The van der Waals surface area contributed by atoms with Crippen molar-refractivity contribution in [1.29, 1.82) is 5.26 Å². The Morgan fingerprint density at radius 1 is 1.41 bits per heavy atom. The van der Waals surface area contributed by atoms with E-state index in [0.29, 0.717) is 5.56 Å². The maximum atomic E-state index is 14.0. The van der Waals surface area contributed by atoms with Gasteiger partial charge >= 0.3 is 0 Å². The van der Waals surface area contributed by atoms with Crippen molar-refractivity contribution in [2.24, 2.45) is 12.8 Å². The fraction of sp³-hybridized carbons (Fsp3) is 0.133. The summed E-state index contributed by atoms with van der Waals surface area (Å²) >= 11 is 0. The highest BCUT2D eigenvalue weighted by molar-refractivity contribution is 6.09. The third-order valence-corrected chi connectivity index (χ3v) is 3.25. The number of benzene rings is 1. The molecule has 0 spiro atoms. The molecular weight excluding hydrogens is 287 g/mol. The van der Waals surface area contributed by atoms with Gasteiger partial charge in [0.1, 0.15) is 17.6 Å². The first-order valence-electron chi connectivity index (χ1n) is 6.29. The van der Waals surface area contributed by atoms with Crippen LogP contribution in [-0.4, -0.2) is 23.4 Å². The van der Waals surface area contributed by atoms with Crippen molar-refractivity contribution in [3.05, 3.63) is 53.1 Å². The molecule has 7 heteroatoms. The van der Waals surface area contributed by atoms with E-state index in [-0.39, 0.29) is 16.9 Å². The Labute approximate surface area is 126 Å². The minimum absolute atomic E-state index is 0.0921. The number of halogens is 1. The molecule has 2 rings (SSSR count). The van der Waals surface area contributed by atoms with Gasteiger partial charge in [-0.3, -0.25) is 9.59 Å². The lowest BCUT2D eigenvalue weighted by atomic mass is 10.1. The van der Waals surface area contributed by atoms with Gasteiger partial charge in [0.25, 0.3) is 11.8 Å². The SMILES string of the molecule is CN(C(=O)c1cc(C#N)cn1C)c1c(F)cccc1C(N)=O. The van der Waals surface area contributed by atoms with Crippen LogP contribution in [0.5, 0.6) is 0 Å². The number of amides is 2. The number of primary amides is 1. The zero-order valence-electron chi connectivity index (χ0n) is 12.0. The molecule has 0 saturated carbocycles. The zero-order valence-corrected chi connectivity index (χ0v) is 12.0. The molecule has 22 heavy (non-hydrogen) atoms. The molecule has 0 aliphatic rings. The van der Waals surface area contributed by atoms with Crippen LogP contribution < -0.4 is 10.6 Å². The van der Waals surface area contributed by atoms with Gasteiger partial charge in [-0.25, -0.2) is 4.39 Å². The third kappa shape index (κ3) is 2.54. The van der Waals surface area contributed by atoms with Gasteiger partial charge in [0.2, 0.25) is 0 Å². The topological polar surface area (TPSA) is 92.1 Å². The van der Waals surface area contributed by atoms with Crippen LogP contribution in [0.2, 0.25) is 0 Å². The zero-order chi connectivity index (χ0) is 16.4. The molecule has 2 amide bonds. The second-order valence-electron chi connectivity index (χ2n) is 4.70. The molecule has 1 aromatic heterocycles. The normalized spacial score (nSPS) is 10.1. The predicted molar refractivity (Wildman–Crippen MR) is 77.8 cm³/mol. The van der Waals surface area contributed by atoms with Gasteiger partial charge in [0, 0.05) is 20.3 Å². The van der Waals surface area contributed by atoms with Crippen molar-refractivity contribution < 1.29 is 14.0 Å². The number of hydrogen-bond donors (Lipinski definition) is 1. The molecule has 0 unspecified atom stereocenters. The first kappa shape index (κ1) is 15.3. The fourth-order valence-corrected chi connectivity index (χ4v) is 2.17. The molecule has 2 aromatic rings. The largest absolute Gasteiger partial charge is 0.366 e. The maximum Gasteiger partial charge on any atom is 0.274 e. The Morgan fingerprint density at radius 2 is 2.09 bits per heavy atom. The summed E-state index contributed by atoms with van der Waals surface area (Å²) in [5.41, 5.74) is 5.44. The smallest absolute Gasteiger partial charge is 0.274 e. The average molecular weight is 300 g/mol. The van der Waals surface area contributed by atoms with Crippen molar-refractivity contribution in [2.75, 3.05) is 11.9 Å². The molecule has 1 aromatic carbocycles. The second-order valence-corrected chi connectivity index (χ2v) is 4.70. The van der Waals surface area contributed by atoms with E-state index in [1.165, 1.54) is 36.0 Å². The minimum atomic E-state index is -0.834. The van der Waals surface area contributed by atoms with Gasteiger partial charge < -0.3 is 15.2 Å². The van der Waals surface area contributed by atoms with Crippen molar-refractivity contribution in [3.63, 3.8) is 0 Å². The molecule has 2 N–H and O–H groups in total. The van der Waals surface area contributed by atoms with Crippen LogP contribution in [0.1, 0.15) is 26.4 Å². The number of carbonyl (C=O) groups excluding carboxylic acids is 2. The summed E-state index contributed by atoms with van der Waals surface area (Å²) in [6, 6.07) is 7.14. The van der Waals surface area contributed by atoms with E-state index in [4.69, 9.17) is 11.0 Å². The number of aromatic nitrogens is 1. The van der Waals surface area contributed by atoms with Gasteiger partial charge in [0.15, 0.2) is 0 Å². The Balaban J connectivity index is 2.50. The molecular formula is C15H13FN4O2. The van der Waals surface area contributed by atoms with E-state index in [9.17, 15) is 14.0 Å². The van der Waals surface area contributed by atoms with E-state index in [2.05, 4.69) is 0 Å². The van der Waals surface area contributed by atoms with Gasteiger partial charge in [-0.1, -0.05) is 6.07 Å². The minimum Gasteiger partial charge on any atom is -0.366 e. The van der Waals surface area contributed by atoms with Crippen LogP contribution >= 0.6 is 0 Å². The molecule has 0 bridgehead atoms. The molecule has 0 fully saturated rings. The highest BCUT2D eigenvalue weighted by Gasteiger charge is 2.24. The molecule has 0 aliphatic heterocycles. The summed E-state index contributed by atoms with van der Waals surface area (Å²) in [5.74, 6) is -2.13. The highest BCUT2D eigenvalue weighted by atomic mass is 19.1. The number of para-hydroxylation sites is 1. The van der Waals surface area contributed by atoms with E-state index < -0.39 is 17.6 Å². The second kappa shape index (κ2) is 5.69. The number of aryl methyl sites for hydroxylation is 1. The van der Waals surface area contributed by atoms with Crippen molar-refractivity contribution in [1.82, 2.24) is 4.57 Å². The Hall–Kier alpha value is -3.14. The summed E-state index contributed by atoms with van der Waals surface area (Å²) in [6.07, 6.45) is 1.48. The standard InChI is InChI=1S/C15H13FN4O2/c1-19-8-9(7-17)6-12(19)15(22)20(2)13-10(14(18)21)4-3-5-11(13)16/h3-6,8H,1-2H3,(H2,18,21). The van der Waals surface area contributed by atoms with Gasteiger partial charge in [-0.2, -0.15) is 5.26 Å². The van der Waals surface area contributed by atoms with Gasteiger partial charge in [-0.15, -0.1) is 0 Å². The summed E-state index contributed by atoms with van der Waals surface area (Å²) in [4.78, 5) is 24.9. The summed E-state index contributed by atoms with van der Waals surface area (Å²) < 4.78 is 15.5. The average Bonchev–Trinajstić information content (AvgIpc) is 2.86. The summed E-state index contributed by atoms with van der Waals surface area (Å²) in [5, 5.41) is 8.86. The number of hydrogen-bond acceptors (Lipinski definition) is 3.